The van der Waals surface area contributed by atoms with E-state index in [9.17, 15) is 18.0 Å². The summed E-state index contributed by atoms with van der Waals surface area (Å²) < 4.78 is 42.2. The van der Waals surface area contributed by atoms with Crippen LogP contribution >= 0.6 is 15.9 Å². The summed E-state index contributed by atoms with van der Waals surface area (Å²) >= 11 is 3.07. The molecule has 1 saturated heterocycles. The minimum atomic E-state index is -3.74. The van der Waals surface area contributed by atoms with Gasteiger partial charge in [0.1, 0.15) is 5.82 Å². The summed E-state index contributed by atoms with van der Waals surface area (Å²) in [7, 11) is -3.74. The number of aromatic nitrogens is 2. The molecule has 0 radical (unpaired) electrons. The van der Waals surface area contributed by atoms with E-state index >= 15 is 0 Å². The Bertz CT molecular complexity index is 977. The van der Waals surface area contributed by atoms with Crippen LogP contribution in [0.25, 0.3) is 0 Å². The van der Waals surface area contributed by atoms with Crippen molar-refractivity contribution >= 4 is 43.5 Å². The third kappa shape index (κ3) is 4.74. The highest BCUT2D eigenvalue weighted by Crippen LogP contribution is 2.21. The summed E-state index contributed by atoms with van der Waals surface area (Å²) in [6.45, 7) is 1.03. The van der Waals surface area contributed by atoms with Gasteiger partial charge in [0.2, 0.25) is 11.7 Å². The summed E-state index contributed by atoms with van der Waals surface area (Å²) in [6, 6.07) is 4.12. The molecule has 0 bridgehead atoms. The van der Waals surface area contributed by atoms with E-state index in [1.54, 1.807) is 5.01 Å². The predicted molar refractivity (Wildman–Crippen MR) is 100 cm³/mol. The Labute approximate surface area is 167 Å². The van der Waals surface area contributed by atoms with E-state index in [2.05, 4.69) is 42.1 Å². The van der Waals surface area contributed by atoms with E-state index in [0.717, 1.165) is 4.31 Å². The molecule has 5 N–H and O–H groups in total. The van der Waals surface area contributed by atoms with Crippen LogP contribution in [-0.2, 0) is 10.2 Å². The van der Waals surface area contributed by atoms with Crippen molar-refractivity contribution in [2.45, 2.75) is 0 Å². The number of hydrogen-bond acceptors (Lipinski definition) is 9. The number of piperazine rings is 1. The van der Waals surface area contributed by atoms with Gasteiger partial charge in [-0.15, -0.1) is 0 Å². The molecule has 28 heavy (non-hydrogen) atoms. The SMILES string of the molecule is NS(=O)(=O)N1CCN(Nc2nonc2C(=NO)Nc2ccc(F)c(Br)c2)CC1. The quantitative estimate of drug-likeness (QED) is 0.205. The third-order valence-corrected chi connectivity index (χ3v) is 5.55. The minimum Gasteiger partial charge on any atom is -0.409 e. The predicted octanol–water partition coefficient (Wildman–Crippen LogP) is 0.367. The smallest absolute Gasteiger partial charge is 0.276 e. The van der Waals surface area contributed by atoms with Crippen molar-refractivity contribution in [2.24, 2.45) is 10.3 Å². The normalized spacial score (nSPS) is 16.9. The van der Waals surface area contributed by atoms with Crippen LogP contribution in [0.15, 0.2) is 32.5 Å². The molecule has 0 saturated carbocycles. The van der Waals surface area contributed by atoms with E-state index < -0.39 is 16.0 Å². The lowest BCUT2D eigenvalue weighted by Crippen LogP contribution is -2.52. The number of rotatable bonds is 5. The summed E-state index contributed by atoms with van der Waals surface area (Å²) in [4.78, 5) is 0. The Hall–Kier alpha value is -2.33. The van der Waals surface area contributed by atoms with Crippen molar-refractivity contribution in [3.63, 3.8) is 0 Å². The lowest BCUT2D eigenvalue weighted by atomic mass is 10.3. The van der Waals surface area contributed by atoms with Crippen LogP contribution in [-0.4, -0.2) is 65.3 Å². The molecule has 152 valence electrons. The first kappa shape index (κ1) is 20.4. The van der Waals surface area contributed by atoms with Gasteiger partial charge >= 0.3 is 0 Å². The van der Waals surface area contributed by atoms with Crippen LogP contribution in [0.5, 0.6) is 0 Å². The van der Waals surface area contributed by atoms with Crippen LogP contribution in [0.1, 0.15) is 5.69 Å². The average Bonchev–Trinajstić information content (AvgIpc) is 3.10. The van der Waals surface area contributed by atoms with E-state index in [1.165, 1.54) is 18.2 Å². The Morgan fingerprint density at radius 1 is 1.32 bits per heavy atom. The zero-order valence-corrected chi connectivity index (χ0v) is 16.6. The van der Waals surface area contributed by atoms with Gasteiger partial charge in [-0.25, -0.2) is 19.2 Å². The average molecular weight is 479 g/mol. The van der Waals surface area contributed by atoms with Crippen molar-refractivity contribution in [2.75, 3.05) is 36.9 Å². The molecule has 0 unspecified atom stereocenters. The molecule has 1 aliphatic heterocycles. The fourth-order valence-electron chi connectivity index (χ4n) is 2.46. The van der Waals surface area contributed by atoms with Crippen molar-refractivity contribution in [1.82, 2.24) is 19.6 Å². The fourth-order valence-corrected chi connectivity index (χ4v) is 3.51. The molecule has 0 atom stereocenters. The molecule has 0 spiro atoms. The van der Waals surface area contributed by atoms with E-state index in [1.807, 2.05) is 0 Å². The van der Waals surface area contributed by atoms with Gasteiger partial charge in [-0.3, -0.25) is 5.43 Å². The molecule has 12 nitrogen and oxygen atoms in total. The summed E-state index contributed by atoms with van der Waals surface area (Å²) in [5.74, 6) is -0.395. The maximum atomic E-state index is 13.4. The molecule has 0 aliphatic carbocycles. The highest BCUT2D eigenvalue weighted by molar-refractivity contribution is 9.10. The Balaban J connectivity index is 1.69. The molecular formula is C13H16BrFN8O4S. The van der Waals surface area contributed by atoms with Crippen molar-refractivity contribution in [3.8, 4) is 0 Å². The minimum absolute atomic E-state index is 0.0665. The lowest BCUT2D eigenvalue weighted by Gasteiger charge is -2.32. The topological polar surface area (TPSA) is 162 Å². The second-order valence-electron chi connectivity index (χ2n) is 5.71. The van der Waals surface area contributed by atoms with Gasteiger partial charge in [0.05, 0.1) is 4.47 Å². The van der Waals surface area contributed by atoms with Gasteiger partial charge in [0, 0.05) is 31.9 Å². The number of nitrogens with one attached hydrogen (secondary N) is 2. The number of amidine groups is 1. The Morgan fingerprint density at radius 2 is 2.04 bits per heavy atom. The molecule has 0 amide bonds. The Morgan fingerprint density at radius 3 is 2.64 bits per heavy atom. The monoisotopic (exact) mass is 478 g/mol. The van der Waals surface area contributed by atoms with Gasteiger partial charge in [0.15, 0.2) is 5.69 Å². The largest absolute Gasteiger partial charge is 0.409 e. The van der Waals surface area contributed by atoms with Crippen molar-refractivity contribution in [1.29, 1.82) is 0 Å². The molecule has 1 fully saturated rings. The number of anilines is 2. The Kier molecular flexibility index (Phi) is 6.09. The maximum absolute atomic E-state index is 13.4. The van der Waals surface area contributed by atoms with Crippen molar-refractivity contribution < 1.29 is 22.6 Å². The first-order valence-electron chi connectivity index (χ1n) is 7.84. The molecule has 2 aromatic rings. The van der Waals surface area contributed by atoms with Crippen LogP contribution in [0.3, 0.4) is 0 Å². The van der Waals surface area contributed by atoms with Crippen LogP contribution < -0.4 is 15.9 Å². The number of hydrogen-bond donors (Lipinski definition) is 4. The third-order valence-electron chi connectivity index (χ3n) is 3.86. The molecule has 3 rings (SSSR count). The second-order valence-corrected chi connectivity index (χ2v) is 8.11. The van der Waals surface area contributed by atoms with Gasteiger partial charge in [0.25, 0.3) is 10.2 Å². The molecule has 1 aliphatic rings. The fraction of sp³-hybridized carbons (Fsp3) is 0.308. The molecule has 1 aromatic heterocycles. The zero-order valence-electron chi connectivity index (χ0n) is 14.2. The van der Waals surface area contributed by atoms with Crippen LogP contribution in [0.4, 0.5) is 15.9 Å². The first-order chi connectivity index (χ1) is 13.3. The van der Waals surface area contributed by atoms with Crippen molar-refractivity contribution in [3.05, 3.63) is 34.2 Å². The van der Waals surface area contributed by atoms with Gasteiger partial charge in [-0.1, -0.05) is 5.16 Å². The van der Waals surface area contributed by atoms with E-state index in [-0.39, 0.29) is 34.9 Å². The highest BCUT2D eigenvalue weighted by Gasteiger charge is 2.26. The van der Waals surface area contributed by atoms with Gasteiger partial charge < -0.3 is 10.5 Å². The maximum Gasteiger partial charge on any atom is 0.276 e. The molecular weight excluding hydrogens is 463 g/mol. The summed E-state index contributed by atoms with van der Waals surface area (Å²) in [5.41, 5.74) is 3.42. The van der Waals surface area contributed by atoms with E-state index in [0.29, 0.717) is 18.8 Å². The summed E-state index contributed by atoms with van der Waals surface area (Å²) in [6.07, 6.45) is 0. The highest BCUT2D eigenvalue weighted by atomic mass is 79.9. The molecule has 15 heteroatoms. The second kappa shape index (κ2) is 8.36. The van der Waals surface area contributed by atoms with Crippen LogP contribution in [0.2, 0.25) is 0 Å². The molecule has 2 heterocycles. The standard InChI is InChI=1S/C13H16BrFN8O4S/c14-9-7-8(1-2-10(9)15)17-12(19-24)11-13(21-27-20-11)18-22-3-5-23(6-4-22)28(16,25)26/h1-2,7,24H,3-6H2,(H,17,19)(H,18,21)(H2,16,25,26). The first-order valence-corrected chi connectivity index (χ1v) is 10.1. The van der Waals surface area contributed by atoms with Gasteiger partial charge in [-0.2, -0.15) is 12.7 Å². The number of hydrazine groups is 1. The zero-order chi connectivity index (χ0) is 20.3. The number of halogens is 2. The van der Waals surface area contributed by atoms with Gasteiger partial charge in [-0.05, 0) is 44.4 Å². The lowest BCUT2D eigenvalue weighted by molar-refractivity contribution is 0.217. The van der Waals surface area contributed by atoms with E-state index in [4.69, 9.17) is 9.77 Å². The number of benzene rings is 1. The number of oxime groups is 1. The number of nitrogens with two attached hydrogens (primary N) is 1. The number of nitrogens with zero attached hydrogens (tertiary/aromatic N) is 5. The van der Waals surface area contributed by atoms with Crippen LogP contribution in [0, 0.1) is 5.82 Å². The summed E-state index contributed by atoms with van der Waals surface area (Å²) in [5, 5.41) is 29.5. The molecule has 1 aromatic carbocycles.